The molecule has 1 N–H and O–H groups in total. The van der Waals surface area contributed by atoms with Gasteiger partial charge in [-0.1, -0.05) is 18.7 Å². The topological polar surface area (TPSA) is 79.2 Å². The Morgan fingerprint density at radius 3 is 2.59 bits per heavy atom. The summed E-state index contributed by atoms with van der Waals surface area (Å²) in [4.78, 5) is 30.9. The quantitative estimate of drug-likeness (QED) is 0.584. The molecular weight excluding hydrogens is 300 g/mol. The van der Waals surface area contributed by atoms with Gasteiger partial charge in [-0.2, -0.15) is 0 Å². The van der Waals surface area contributed by atoms with Gasteiger partial charge in [0.25, 0.3) is 5.56 Å². The van der Waals surface area contributed by atoms with Crippen LogP contribution in [-0.4, -0.2) is 44.7 Å². The second kappa shape index (κ2) is 5.28. The maximum absolute atomic E-state index is 12.5. The van der Waals surface area contributed by atoms with Crippen LogP contribution >= 0.6 is 11.8 Å². The fourth-order valence-corrected chi connectivity index (χ4v) is 2.95. The van der Waals surface area contributed by atoms with Crippen molar-refractivity contribution in [1.82, 2.24) is 24.3 Å². The largest absolute Gasteiger partial charge is 0.361 e. The molecule has 0 atom stereocenters. The van der Waals surface area contributed by atoms with Crippen LogP contribution in [0.2, 0.25) is 0 Å². The van der Waals surface area contributed by atoms with E-state index in [-0.39, 0.29) is 5.56 Å². The third-order valence-corrected chi connectivity index (χ3v) is 4.11. The summed E-state index contributed by atoms with van der Waals surface area (Å²) in [5.41, 5.74) is 2.43. The number of nitrogens with one attached hydrogen (secondary N) is 1. The van der Waals surface area contributed by atoms with Crippen molar-refractivity contribution < 1.29 is 0 Å². The van der Waals surface area contributed by atoms with E-state index >= 15 is 0 Å². The third-order valence-electron chi connectivity index (χ3n) is 3.56. The van der Waals surface area contributed by atoms with Gasteiger partial charge in [0.1, 0.15) is 16.9 Å². The van der Waals surface area contributed by atoms with Crippen molar-refractivity contribution in [1.29, 1.82) is 0 Å². The van der Waals surface area contributed by atoms with E-state index in [2.05, 4.69) is 19.9 Å². The number of aromatic amines is 1. The lowest BCUT2D eigenvalue weighted by molar-refractivity contribution is 0.897. The summed E-state index contributed by atoms with van der Waals surface area (Å²) >= 11 is 1.47. The molecule has 3 heterocycles. The fourth-order valence-electron chi connectivity index (χ4n) is 2.60. The Morgan fingerprint density at radius 2 is 2.00 bits per heavy atom. The van der Waals surface area contributed by atoms with Gasteiger partial charge in [-0.25, -0.2) is 15.0 Å². The molecule has 7 nitrogen and oxygen atoms in total. The number of rotatable bonds is 3. The first-order valence-electron chi connectivity index (χ1n) is 7.01. The molecule has 0 bridgehead atoms. The maximum Gasteiger partial charge on any atom is 0.274 e. The van der Waals surface area contributed by atoms with Crippen LogP contribution in [0.5, 0.6) is 0 Å². The second-order valence-corrected chi connectivity index (χ2v) is 6.01. The van der Waals surface area contributed by atoms with E-state index < -0.39 is 0 Å². The van der Waals surface area contributed by atoms with Crippen LogP contribution in [0.15, 0.2) is 9.95 Å². The molecule has 0 radical (unpaired) electrons. The lowest BCUT2D eigenvalue weighted by Gasteiger charge is -2.15. The summed E-state index contributed by atoms with van der Waals surface area (Å²) < 4.78 is 1.86. The number of anilines is 1. The van der Waals surface area contributed by atoms with Crippen molar-refractivity contribution >= 4 is 34.3 Å². The van der Waals surface area contributed by atoms with Gasteiger partial charge in [0.05, 0.1) is 5.69 Å². The average Bonchev–Trinajstić information content (AvgIpc) is 2.84. The Labute approximate surface area is 131 Å². The van der Waals surface area contributed by atoms with Crippen LogP contribution in [0, 0.1) is 6.92 Å². The van der Waals surface area contributed by atoms with Gasteiger partial charge in [-0.15, -0.1) is 0 Å². The maximum atomic E-state index is 12.5. The van der Waals surface area contributed by atoms with Crippen molar-refractivity contribution in [2.24, 2.45) is 0 Å². The van der Waals surface area contributed by atoms with Crippen molar-refractivity contribution in [2.75, 3.05) is 25.3 Å². The van der Waals surface area contributed by atoms with Gasteiger partial charge in [0.2, 0.25) is 0 Å². The molecule has 0 spiro atoms. The zero-order valence-corrected chi connectivity index (χ0v) is 14.1. The van der Waals surface area contributed by atoms with E-state index in [0.29, 0.717) is 27.7 Å². The fraction of sp³-hybridized carbons (Fsp3) is 0.429. The van der Waals surface area contributed by atoms with Gasteiger partial charge in [-0.05, 0) is 13.2 Å². The molecule has 3 aromatic rings. The molecule has 0 saturated carbocycles. The Morgan fingerprint density at radius 1 is 1.27 bits per heavy atom. The molecule has 0 aliphatic carbocycles. The number of aryl methyl sites for hydroxylation is 2. The SMILES string of the molecule is CCc1nc(C)c2c(=O)[nH]c3c(N(C)C)nc(SC)nc3n12. The van der Waals surface area contributed by atoms with Gasteiger partial charge >= 0.3 is 0 Å². The van der Waals surface area contributed by atoms with E-state index in [1.807, 2.05) is 43.5 Å². The Bertz CT molecular complexity index is 927. The molecule has 3 rings (SSSR count). The molecular formula is C14H18N6OS. The first-order valence-corrected chi connectivity index (χ1v) is 8.23. The zero-order chi connectivity index (χ0) is 16.0. The normalized spacial score (nSPS) is 11.5. The lowest BCUT2D eigenvalue weighted by atomic mass is 10.3. The van der Waals surface area contributed by atoms with E-state index in [9.17, 15) is 4.79 Å². The summed E-state index contributed by atoms with van der Waals surface area (Å²) in [6.45, 7) is 3.86. The molecule has 0 aromatic carbocycles. The molecule has 8 heteroatoms. The van der Waals surface area contributed by atoms with E-state index in [4.69, 9.17) is 0 Å². The molecule has 0 amide bonds. The van der Waals surface area contributed by atoms with Crippen LogP contribution in [0.1, 0.15) is 18.4 Å². The van der Waals surface area contributed by atoms with Crippen LogP contribution in [0.25, 0.3) is 16.7 Å². The first-order chi connectivity index (χ1) is 10.5. The van der Waals surface area contributed by atoms with E-state index in [1.54, 1.807) is 0 Å². The molecule has 0 unspecified atom stereocenters. The lowest BCUT2D eigenvalue weighted by Crippen LogP contribution is -2.18. The average molecular weight is 318 g/mol. The number of nitrogens with zero attached hydrogens (tertiary/aromatic N) is 5. The van der Waals surface area contributed by atoms with Crippen molar-refractivity contribution in [3.05, 3.63) is 21.9 Å². The number of H-pyrrole nitrogens is 1. The highest BCUT2D eigenvalue weighted by atomic mass is 32.2. The third kappa shape index (κ3) is 2.06. The minimum absolute atomic E-state index is 0.166. The number of imidazole rings is 1. The summed E-state index contributed by atoms with van der Waals surface area (Å²) in [7, 11) is 3.79. The van der Waals surface area contributed by atoms with Crippen molar-refractivity contribution in [2.45, 2.75) is 25.4 Å². The highest BCUT2D eigenvalue weighted by Crippen LogP contribution is 2.25. The first kappa shape index (κ1) is 14.8. The van der Waals surface area contributed by atoms with Crippen molar-refractivity contribution in [3.63, 3.8) is 0 Å². The minimum atomic E-state index is -0.166. The molecule has 0 saturated heterocycles. The summed E-state index contributed by atoms with van der Waals surface area (Å²) in [6.07, 6.45) is 2.66. The summed E-state index contributed by atoms with van der Waals surface area (Å²) in [5, 5.41) is 0.665. The molecule has 0 fully saturated rings. The van der Waals surface area contributed by atoms with Gasteiger partial charge in [0, 0.05) is 20.5 Å². The van der Waals surface area contributed by atoms with Crippen molar-refractivity contribution in [3.8, 4) is 0 Å². The van der Waals surface area contributed by atoms with Crippen LogP contribution in [0.3, 0.4) is 0 Å². The Balaban J connectivity index is 2.60. The van der Waals surface area contributed by atoms with Gasteiger partial charge in [-0.3, -0.25) is 9.20 Å². The van der Waals surface area contributed by atoms with Crippen LogP contribution < -0.4 is 10.5 Å². The highest BCUT2D eigenvalue weighted by Gasteiger charge is 2.18. The smallest absolute Gasteiger partial charge is 0.274 e. The molecule has 0 aliphatic heterocycles. The Hall–Kier alpha value is -2.09. The molecule has 116 valence electrons. The number of thioether (sulfide) groups is 1. The number of aromatic nitrogens is 5. The predicted molar refractivity (Wildman–Crippen MR) is 89.1 cm³/mol. The number of hydrogen-bond donors (Lipinski definition) is 1. The zero-order valence-electron chi connectivity index (χ0n) is 13.3. The second-order valence-electron chi connectivity index (χ2n) is 5.23. The Kier molecular flexibility index (Phi) is 3.56. The van der Waals surface area contributed by atoms with Crippen LogP contribution in [0.4, 0.5) is 5.82 Å². The van der Waals surface area contributed by atoms with Gasteiger partial charge in [0.15, 0.2) is 16.6 Å². The highest BCUT2D eigenvalue weighted by molar-refractivity contribution is 7.98. The summed E-state index contributed by atoms with van der Waals surface area (Å²) in [5.74, 6) is 1.53. The van der Waals surface area contributed by atoms with E-state index in [0.717, 1.165) is 17.9 Å². The number of hydrogen-bond acceptors (Lipinski definition) is 6. The molecule has 3 aromatic heterocycles. The van der Waals surface area contributed by atoms with Gasteiger partial charge < -0.3 is 9.88 Å². The number of fused-ring (bicyclic) bond motifs is 3. The van der Waals surface area contributed by atoms with Crippen LogP contribution in [-0.2, 0) is 6.42 Å². The van der Waals surface area contributed by atoms with E-state index in [1.165, 1.54) is 11.8 Å². The summed E-state index contributed by atoms with van der Waals surface area (Å²) in [6, 6.07) is 0. The molecule has 22 heavy (non-hydrogen) atoms. The standard InChI is InChI=1S/C14H18N6OS/c1-6-8-15-7(2)10-13(21)16-9-11(19(3)4)17-14(22-5)18-12(9)20(8)10/h6H2,1-5H3,(H,16,21). The predicted octanol–water partition coefficient (Wildman–Crippen LogP) is 1.62. The monoisotopic (exact) mass is 318 g/mol. The molecule has 0 aliphatic rings. The minimum Gasteiger partial charge on any atom is -0.361 e.